The number of unbranched alkanes of at least 4 members (excludes halogenated alkanes) is 1. The molecule has 0 unspecified atom stereocenters. The monoisotopic (exact) mass is 251 g/mol. The van der Waals surface area contributed by atoms with Crippen LogP contribution in [0.3, 0.4) is 0 Å². The summed E-state index contributed by atoms with van der Waals surface area (Å²) in [5.41, 5.74) is 0. The molecule has 102 valence electrons. The van der Waals surface area contributed by atoms with Crippen molar-refractivity contribution in [3.63, 3.8) is 0 Å². The third-order valence-electron chi connectivity index (χ3n) is 2.27. The zero-order valence-electron chi connectivity index (χ0n) is 12.1. The lowest BCUT2D eigenvalue weighted by atomic mass is 10.2. The van der Waals surface area contributed by atoms with E-state index >= 15 is 0 Å². The van der Waals surface area contributed by atoms with Crippen molar-refractivity contribution in [1.29, 1.82) is 0 Å². The normalized spacial score (nSPS) is 11.1. The Bertz CT molecular complexity index is 334. The summed E-state index contributed by atoms with van der Waals surface area (Å²) in [6, 6.07) is 0.636. The van der Waals surface area contributed by atoms with Crippen molar-refractivity contribution in [2.45, 2.75) is 66.0 Å². The number of nitrogens with zero attached hydrogens (tertiary/aromatic N) is 3. The Hall–Kier alpha value is -1.39. The van der Waals surface area contributed by atoms with Gasteiger partial charge in [0.1, 0.15) is 5.82 Å². The zero-order chi connectivity index (χ0) is 13.5. The van der Waals surface area contributed by atoms with E-state index in [1.807, 2.05) is 0 Å². The van der Waals surface area contributed by atoms with Gasteiger partial charge in [-0.2, -0.15) is 15.0 Å². The van der Waals surface area contributed by atoms with Crippen molar-refractivity contribution >= 4 is 11.9 Å². The van der Waals surface area contributed by atoms with Gasteiger partial charge in [0.05, 0.1) is 0 Å². The molecule has 5 heteroatoms. The second kappa shape index (κ2) is 7.13. The molecule has 0 amide bonds. The summed E-state index contributed by atoms with van der Waals surface area (Å²) in [6.07, 6.45) is 3.15. The van der Waals surface area contributed by atoms with Crippen LogP contribution in [0, 0.1) is 0 Å². The first-order valence-electron chi connectivity index (χ1n) is 6.79. The molecule has 1 aromatic rings. The van der Waals surface area contributed by atoms with Crippen molar-refractivity contribution in [2.75, 3.05) is 10.6 Å². The molecular formula is C13H25N5. The molecular weight excluding hydrogens is 226 g/mol. The van der Waals surface area contributed by atoms with E-state index in [1.54, 1.807) is 0 Å². The highest BCUT2D eigenvalue weighted by Crippen LogP contribution is 2.10. The molecule has 0 bridgehead atoms. The van der Waals surface area contributed by atoms with E-state index in [9.17, 15) is 0 Å². The molecule has 18 heavy (non-hydrogen) atoms. The highest BCUT2D eigenvalue weighted by molar-refractivity contribution is 5.35. The zero-order valence-corrected chi connectivity index (χ0v) is 12.1. The topological polar surface area (TPSA) is 62.7 Å². The largest absolute Gasteiger partial charge is 0.352 e. The second-order valence-corrected chi connectivity index (χ2v) is 5.10. The minimum absolute atomic E-state index is 0.318. The molecule has 0 aliphatic rings. The number of rotatable bonds is 7. The molecule has 0 saturated carbocycles. The Morgan fingerprint density at radius 2 is 1.39 bits per heavy atom. The first kappa shape index (κ1) is 14.7. The summed E-state index contributed by atoms with van der Waals surface area (Å²) in [6.45, 7) is 10.5. The molecule has 2 N–H and O–H groups in total. The third kappa shape index (κ3) is 5.29. The van der Waals surface area contributed by atoms with E-state index < -0.39 is 0 Å². The molecule has 0 aliphatic heterocycles. The maximum absolute atomic E-state index is 4.45. The maximum atomic E-state index is 4.45. The smallest absolute Gasteiger partial charge is 0.227 e. The van der Waals surface area contributed by atoms with Gasteiger partial charge in [-0.05, 0) is 34.1 Å². The van der Waals surface area contributed by atoms with Gasteiger partial charge in [-0.15, -0.1) is 0 Å². The van der Waals surface area contributed by atoms with Gasteiger partial charge in [0, 0.05) is 18.5 Å². The molecule has 0 aromatic carbocycles. The SMILES string of the molecule is CCCCc1nc(NC(C)C)nc(NC(C)C)n1. The highest BCUT2D eigenvalue weighted by Gasteiger charge is 2.08. The van der Waals surface area contributed by atoms with E-state index in [4.69, 9.17) is 0 Å². The lowest BCUT2D eigenvalue weighted by Gasteiger charge is -2.13. The number of aryl methyl sites for hydroxylation is 1. The van der Waals surface area contributed by atoms with E-state index in [2.05, 4.69) is 60.2 Å². The van der Waals surface area contributed by atoms with Crippen LogP contribution in [-0.4, -0.2) is 27.0 Å². The van der Waals surface area contributed by atoms with Crippen LogP contribution in [0.15, 0.2) is 0 Å². The van der Waals surface area contributed by atoms with Gasteiger partial charge in [-0.3, -0.25) is 0 Å². The lowest BCUT2D eigenvalue weighted by molar-refractivity contribution is 0.738. The molecule has 0 atom stereocenters. The molecule has 0 aliphatic carbocycles. The van der Waals surface area contributed by atoms with Crippen LogP contribution in [0.4, 0.5) is 11.9 Å². The van der Waals surface area contributed by atoms with Crippen LogP contribution in [0.1, 0.15) is 53.3 Å². The molecule has 0 spiro atoms. The van der Waals surface area contributed by atoms with Crippen LogP contribution >= 0.6 is 0 Å². The number of hydrogen-bond acceptors (Lipinski definition) is 5. The average Bonchev–Trinajstić information content (AvgIpc) is 2.24. The van der Waals surface area contributed by atoms with Crippen LogP contribution in [-0.2, 0) is 6.42 Å². The molecule has 0 fully saturated rings. The van der Waals surface area contributed by atoms with E-state index in [-0.39, 0.29) is 0 Å². The van der Waals surface area contributed by atoms with Crippen LogP contribution in [0.5, 0.6) is 0 Å². The van der Waals surface area contributed by atoms with Crippen LogP contribution in [0.25, 0.3) is 0 Å². The van der Waals surface area contributed by atoms with Crippen molar-refractivity contribution in [3.05, 3.63) is 5.82 Å². The predicted molar refractivity (Wildman–Crippen MR) is 76.0 cm³/mol. The Kier molecular flexibility index (Phi) is 5.82. The quantitative estimate of drug-likeness (QED) is 0.780. The Balaban J connectivity index is 2.88. The predicted octanol–water partition coefficient (Wildman–Crippen LogP) is 2.85. The fraction of sp³-hybridized carbons (Fsp3) is 0.769. The second-order valence-electron chi connectivity index (χ2n) is 5.10. The van der Waals surface area contributed by atoms with Crippen molar-refractivity contribution in [1.82, 2.24) is 15.0 Å². The summed E-state index contributed by atoms with van der Waals surface area (Å²) >= 11 is 0. The molecule has 1 aromatic heterocycles. The first-order chi connectivity index (χ1) is 8.51. The van der Waals surface area contributed by atoms with E-state index in [0.29, 0.717) is 24.0 Å². The minimum Gasteiger partial charge on any atom is -0.352 e. The van der Waals surface area contributed by atoms with Gasteiger partial charge in [-0.1, -0.05) is 13.3 Å². The fourth-order valence-electron chi connectivity index (χ4n) is 1.51. The third-order valence-corrected chi connectivity index (χ3v) is 2.27. The molecule has 0 saturated heterocycles. The highest BCUT2D eigenvalue weighted by atomic mass is 15.2. The lowest BCUT2D eigenvalue weighted by Crippen LogP contribution is -2.18. The molecule has 1 rings (SSSR count). The summed E-state index contributed by atoms with van der Waals surface area (Å²) < 4.78 is 0. The summed E-state index contributed by atoms with van der Waals surface area (Å²) in [4.78, 5) is 13.3. The van der Waals surface area contributed by atoms with Crippen molar-refractivity contribution in [3.8, 4) is 0 Å². The van der Waals surface area contributed by atoms with Gasteiger partial charge < -0.3 is 10.6 Å². The number of hydrogen-bond donors (Lipinski definition) is 2. The molecule has 0 radical (unpaired) electrons. The summed E-state index contributed by atoms with van der Waals surface area (Å²) in [7, 11) is 0. The fourth-order valence-corrected chi connectivity index (χ4v) is 1.51. The first-order valence-corrected chi connectivity index (χ1v) is 6.79. The molecule has 1 heterocycles. The Morgan fingerprint density at radius 3 is 1.78 bits per heavy atom. The minimum atomic E-state index is 0.318. The average molecular weight is 251 g/mol. The summed E-state index contributed by atoms with van der Waals surface area (Å²) in [5.74, 6) is 2.18. The van der Waals surface area contributed by atoms with Gasteiger partial charge in [0.25, 0.3) is 0 Å². The Labute approximate surface area is 110 Å². The van der Waals surface area contributed by atoms with Gasteiger partial charge in [0.2, 0.25) is 11.9 Å². The number of aromatic nitrogens is 3. The van der Waals surface area contributed by atoms with Gasteiger partial charge >= 0.3 is 0 Å². The van der Waals surface area contributed by atoms with Crippen LogP contribution in [0.2, 0.25) is 0 Å². The Morgan fingerprint density at radius 1 is 0.889 bits per heavy atom. The van der Waals surface area contributed by atoms with Crippen molar-refractivity contribution < 1.29 is 0 Å². The maximum Gasteiger partial charge on any atom is 0.227 e. The molecule has 5 nitrogen and oxygen atoms in total. The van der Waals surface area contributed by atoms with E-state index in [0.717, 1.165) is 25.1 Å². The van der Waals surface area contributed by atoms with Gasteiger partial charge in [-0.25, -0.2) is 0 Å². The summed E-state index contributed by atoms with van der Waals surface area (Å²) in [5, 5.41) is 6.47. The van der Waals surface area contributed by atoms with Crippen molar-refractivity contribution in [2.24, 2.45) is 0 Å². The standard InChI is InChI=1S/C13H25N5/c1-6-7-8-11-16-12(14-9(2)3)18-13(17-11)15-10(4)5/h9-10H,6-8H2,1-5H3,(H2,14,15,16,17,18). The van der Waals surface area contributed by atoms with E-state index in [1.165, 1.54) is 0 Å². The van der Waals surface area contributed by atoms with Crippen LogP contribution < -0.4 is 10.6 Å². The number of nitrogens with one attached hydrogen (secondary N) is 2. The number of anilines is 2. The van der Waals surface area contributed by atoms with Gasteiger partial charge in [0.15, 0.2) is 0 Å².